The molecule has 31 heavy (non-hydrogen) atoms. The third-order valence-electron chi connectivity index (χ3n) is 5.87. The maximum absolute atomic E-state index is 12.8. The van der Waals surface area contributed by atoms with Gasteiger partial charge in [0.2, 0.25) is 12.0 Å². The molecule has 0 radical (unpaired) electrons. The third kappa shape index (κ3) is 4.99. The molecule has 164 valence electrons. The number of nitrogens with one attached hydrogen (secondary N) is 1. The van der Waals surface area contributed by atoms with Gasteiger partial charge in [0.05, 0.1) is 12.6 Å². The van der Waals surface area contributed by atoms with Gasteiger partial charge in [0.25, 0.3) is 5.91 Å². The van der Waals surface area contributed by atoms with Gasteiger partial charge in [0, 0.05) is 26.2 Å². The number of benzene rings is 2. The minimum absolute atomic E-state index is 0.00356. The summed E-state index contributed by atoms with van der Waals surface area (Å²) < 4.78 is 11.5. The van der Waals surface area contributed by atoms with Gasteiger partial charge < -0.3 is 19.7 Å². The standard InChI is InChI=1S/C24H29N3O4/c1-17-7-3-4-8-19(17)18(2)25-23(28)15-26-11-13-27(14-12-26)24(29)22-16-30-20-9-5-6-10-21(20)31-22/h3-10,18,22H,11-16H2,1-2H3,(H,25,28). The maximum atomic E-state index is 12.8. The van der Waals surface area contributed by atoms with Crippen LogP contribution >= 0.6 is 0 Å². The topological polar surface area (TPSA) is 71.1 Å². The fourth-order valence-electron chi connectivity index (χ4n) is 4.11. The SMILES string of the molecule is Cc1ccccc1C(C)NC(=O)CN1CCN(C(=O)C2COc3ccccc3O2)CC1. The summed E-state index contributed by atoms with van der Waals surface area (Å²) in [6.45, 7) is 7.05. The molecule has 0 aromatic heterocycles. The second-order valence-corrected chi connectivity index (χ2v) is 8.11. The van der Waals surface area contributed by atoms with Crippen LogP contribution in [0.1, 0.15) is 24.1 Å². The lowest BCUT2D eigenvalue weighted by atomic mass is 10.0. The average Bonchev–Trinajstić information content (AvgIpc) is 2.79. The Morgan fingerprint density at radius 2 is 1.71 bits per heavy atom. The summed E-state index contributed by atoms with van der Waals surface area (Å²) in [7, 11) is 0. The molecule has 2 heterocycles. The molecule has 1 N–H and O–H groups in total. The van der Waals surface area contributed by atoms with Crippen molar-refractivity contribution >= 4 is 11.8 Å². The second kappa shape index (κ2) is 9.39. The van der Waals surface area contributed by atoms with Crippen LogP contribution in [-0.2, 0) is 9.59 Å². The number of hydrogen-bond donors (Lipinski definition) is 1. The zero-order valence-electron chi connectivity index (χ0n) is 18.0. The Balaban J connectivity index is 1.24. The van der Waals surface area contributed by atoms with E-state index in [-0.39, 0.29) is 24.5 Å². The number of piperazine rings is 1. The largest absolute Gasteiger partial charge is 0.485 e. The summed E-state index contributed by atoms with van der Waals surface area (Å²) in [4.78, 5) is 29.2. The first kappa shape index (κ1) is 21.2. The van der Waals surface area contributed by atoms with Gasteiger partial charge in [-0.2, -0.15) is 0 Å². The second-order valence-electron chi connectivity index (χ2n) is 8.11. The number of rotatable bonds is 5. The van der Waals surface area contributed by atoms with E-state index in [1.807, 2.05) is 62.4 Å². The van der Waals surface area contributed by atoms with Gasteiger partial charge in [-0.1, -0.05) is 36.4 Å². The van der Waals surface area contributed by atoms with Crippen LogP contribution in [-0.4, -0.2) is 67.0 Å². The summed E-state index contributed by atoms with van der Waals surface area (Å²) in [6.07, 6.45) is -0.625. The molecule has 2 aliphatic heterocycles. The van der Waals surface area contributed by atoms with Crippen molar-refractivity contribution < 1.29 is 19.1 Å². The fraction of sp³-hybridized carbons (Fsp3) is 0.417. The highest BCUT2D eigenvalue weighted by Crippen LogP contribution is 2.31. The van der Waals surface area contributed by atoms with Crippen molar-refractivity contribution in [3.05, 3.63) is 59.7 Å². The van der Waals surface area contributed by atoms with Crippen molar-refractivity contribution in [3.63, 3.8) is 0 Å². The van der Waals surface area contributed by atoms with E-state index < -0.39 is 6.10 Å². The molecule has 2 aliphatic rings. The molecule has 0 bridgehead atoms. The van der Waals surface area contributed by atoms with E-state index in [0.29, 0.717) is 44.2 Å². The van der Waals surface area contributed by atoms with Gasteiger partial charge in [-0.3, -0.25) is 14.5 Å². The molecule has 4 rings (SSSR count). The van der Waals surface area contributed by atoms with E-state index in [9.17, 15) is 9.59 Å². The van der Waals surface area contributed by atoms with E-state index in [0.717, 1.165) is 5.56 Å². The zero-order valence-corrected chi connectivity index (χ0v) is 18.0. The predicted octanol–water partition coefficient (Wildman–Crippen LogP) is 2.16. The minimum atomic E-state index is -0.625. The number of carbonyl (C=O) groups excluding carboxylic acids is 2. The van der Waals surface area contributed by atoms with Gasteiger partial charge in [0.1, 0.15) is 6.61 Å². The smallest absolute Gasteiger partial charge is 0.267 e. The van der Waals surface area contributed by atoms with Gasteiger partial charge >= 0.3 is 0 Å². The summed E-state index contributed by atoms with van der Waals surface area (Å²) in [5, 5.41) is 3.08. The predicted molar refractivity (Wildman–Crippen MR) is 117 cm³/mol. The molecule has 1 fully saturated rings. The molecule has 1 saturated heterocycles. The van der Waals surface area contributed by atoms with Crippen LogP contribution in [0.5, 0.6) is 11.5 Å². The Morgan fingerprint density at radius 1 is 1.03 bits per heavy atom. The first-order valence-electron chi connectivity index (χ1n) is 10.8. The van der Waals surface area contributed by atoms with Crippen LogP contribution in [0.2, 0.25) is 0 Å². The highest BCUT2D eigenvalue weighted by molar-refractivity contribution is 5.82. The Labute approximate surface area is 182 Å². The fourth-order valence-corrected chi connectivity index (χ4v) is 4.11. The quantitative estimate of drug-likeness (QED) is 0.798. The molecular weight excluding hydrogens is 394 g/mol. The van der Waals surface area contributed by atoms with Crippen LogP contribution in [0.25, 0.3) is 0 Å². The lowest BCUT2D eigenvalue weighted by molar-refractivity contribution is -0.143. The van der Waals surface area contributed by atoms with Crippen molar-refractivity contribution in [2.45, 2.75) is 26.0 Å². The Hall–Kier alpha value is -3.06. The maximum Gasteiger partial charge on any atom is 0.267 e. The van der Waals surface area contributed by atoms with Crippen molar-refractivity contribution in [1.29, 1.82) is 0 Å². The van der Waals surface area contributed by atoms with E-state index in [2.05, 4.69) is 10.2 Å². The zero-order chi connectivity index (χ0) is 21.8. The third-order valence-corrected chi connectivity index (χ3v) is 5.87. The normalized spacial score (nSPS) is 19.5. The van der Waals surface area contributed by atoms with Crippen LogP contribution < -0.4 is 14.8 Å². The number of aryl methyl sites for hydroxylation is 1. The number of para-hydroxylation sites is 2. The summed E-state index contributed by atoms with van der Waals surface area (Å²) in [5.74, 6) is 1.20. The van der Waals surface area contributed by atoms with Crippen molar-refractivity contribution in [1.82, 2.24) is 15.1 Å². The molecule has 0 saturated carbocycles. The van der Waals surface area contributed by atoms with Gasteiger partial charge in [-0.05, 0) is 37.1 Å². The van der Waals surface area contributed by atoms with Crippen LogP contribution in [0.3, 0.4) is 0 Å². The van der Waals surface area contributed by atoms with Crippen molar-refractivity contribution in [2.24, 2.45) is 0 Å². The van der Waals surface area contributed by atoms with Crippen LogP contribution in [0.15, 0.2) is 48.5 Å². The lowest BCUT2D eigenvalue weighted by Crippen LogP contribution is -2.55. The summed E-state index contributed by atoms with van der Waals surface area (Å²) in [5.41, 5.74) is 2.29. The Bertz CT molecular complexity index is 940. The number of fused-ring (bicyclic) bond motifs is 1. The number of hydrogen-bond acceptors (Lipinski definition) is 5. The van der Waals surface area contributed by atoms with Crippen LogP contribution in [0.4, 0.5) is 0 Å². The highest BCUT2D eigenvalue weighted by atomic mass is 16.6. The molecule has 0 aliphatic carbocycles. The number of amides is 2. The average molecular weight is 424 g/mol. The minimum Gasteiger partial charge on any atom is -0.485 e. The number of nitrogens with zero attached hydrogens (tertiary/aromatic N) is 2. The van der Waals surface area contributed by atoms with E-state index >= 15 is 0 Å². The van der Waals surface area contributed by atoms with Crippen molar-refractivity contribution in [2.75, 3.05) is 39.3 Å². The van der Waals surface area contributed by atoms with Crippen LogP contribution in [0, 0.1) is 6.92 Å². The molecule has 2 amide bonds. The lowest BCUT2D eigenvalue weighted by Gasteiger charge is -2.37. The summed E-state index contributed by atoms with van der Waals surface area (Å²) in [6, 6.07) is 15.4. The van der Waals surface area contributed by atoms with Gasteiger partial charge in [0.15, 0.2) is 11.5 Å². The van der Waals surface area contributed by atoms with Gasteiger partial charge in [-0.15, -0.1) is 0 Å². The van der Waals surface area contributed by atoms with Gasteiger partial charge in [-0.25, -0.2) is 0 Å². The number of carbonyl (C=O) groups is 2. The molecule has 7 heteroatoms. The highest BCUT2D eigenvalue weighted by Gasteiger charge is 2.33. The molecule has 2 atom stereocenters. The number of ether oxygens (including phenoxy) is 2. The molecule has 2 unspecified atom stereocenters. The molecule has 2 aromatic rings. The van der Waals surface area contributed by atoms with E-state index in [1.54, 1.807) is 4.90 Å². The van der Waals surface area contributed by atoms with E-state index in [4.69, 9.17) is 9.47 Å². The monoisotopic (exact) mass is 423 g/mol. The van der Waals surface area contributed by atoms with Crippen molar-refractivity contribution in [3.8, 4) is 11.5 Å². The molecule has 7 nitrogen and oxygen atoms in total. The first-order chi connectivity index (χ1) is 15.0. The summed E-state index contributed by atoms with van der Waals surface area (Å²) >= 11 is 0. The molecule has 0 spiro atoms. The molecular formula is C24H29N3O4. The Morgan fingerprint density at radius 3 is 2.45 bits per heavy atom. The Kier molecular flexibility index (Phi) is 6.42. The molecule has 2 aromatic carbocycles. The van der Waals surface area contributed by atoms with E-state index in [1.165, 1.54) is 5.56 Å². The first-order valence-corrected chi connectivity index (χ1v) is 10.8.